The van der Waals surface area contributed by atoms with Crippen LogP contribution in [0.4, 0.5) is 0 Å². The first kappa shape index (κ1) is 23.5. The van der Waals surface area contributed by atoms with Crippen LogP contribution in [0.3, 0.4) is 0 Å². The van der Waals surface area contributed by atoms with Crippen LogP contribution in [0.5, 0.6) is 0 Å². The average molecular weight is 218 g/mol. The van der Waals surface area contributed by atoms with Gasteiger partial charge in [0.05, 0.1) is 6.07 Å². The zero-order chi connectivity index (χ0) is 13.1. The van der Waals surface area contributed by atoms with Crippen LogP contribution in [0, 0.1) is 11.3 Å². The third kappa shape index (κ3) is 2390. The fourth-order valence-electron chi connectivity index (χ4n) is 0.250. The van der Waals surface area contributed by atoms with Crippen molar-refractivity contribution in [1.82, 2.24) is 5.32 Å². The van der Waals surface area contributed by atoms with E-state index in [1.807, 2.05) is 0 Å². The Hall–Kier alpha value is -1.21. The Morgan fingerprint density at radius 3 is 1.40 bits per heavy atom. The average Bonchev–Trinajstić information content (AvgIpc) is 2.07. The van der Waals surface area contributed by atoms with Gasteiger partial charge in [-0.1, -0.05) is 13.8 Å². The predicted molar refractivity (Wildman–Crippen MR) is 57.9 cm³/mol. The molecule has 0 aliphatic carbocycles. The highest BCUT2D eigenvalue weighted by atomic mass is 16.3. The second-order valence-electron chi connectivity index (χ2n) is 2.36. The second-order valence-corrected chi connectivity index (χ2v) is 2.36. The Morgan fingerprint density at radius 2 is 1.40 bits per heavy atom. The molecule has 5 nitrogen and oxygen atoms in total. The SMILES string of the molecule is CC#N.CC(C)O.CCNCC.O=C=O. The summed E-state index contributed by atoms with van der Waals surface area (Å²) in [6, 6.07) is 1.75. The number of nitrogens with zero attached hydrogens (tertiary/aromatic N) is 1. The minimum atomic E-state index is -0.167. The zero-order valence-corrected chi connectivity index (χ0v) is 10.2. The first-order chi connectivity index (χ1) is 6.97. The summed E-state index contributed by atoms with van der Waals surface area (Å²) in [6.07, 6.45) is 0.0833. The van der Waals surface area contributed by atoms with Crippen molar-refractivity contribution in [3.63, 3.8) is 0 Å². The number of aliphatic hydroxyl groups excluding tert-OH is 1. The molecule has 0 unspecified atom stereocenters. The Bertz CT molecular complexity index is 142. The monoisotopic (exact) mass is 218 g/mol. The standard InChI is InChI=1S/C4H11N.C3H8O.C2H3N.CO2/c1-3-5-4-2;1-3(2)4;1-2-3;2-1-3/h5H,3-4H2,1-2H3;3-4H,1-2H3;1H3;. The molecule has 0 saturated carbocycles. The lowest BCUT2D eigenvalue weighted by Crippen LogP contribution is -2.09. The molecule has 0 aliphatic rings. The lowest BCUT2D eigenvalue weighted by molar-refractivity contribution is -0.191. The van der Waals surface area contributed by atoms with Crippen molar-refractivity contribution in [3.8, 4) is 6.07 Å². The molecule has 0 saturated heterocycles. The molecule has 2 N–H and O–H groups in total. The first-order valence-corrected chi connectivity index (χ1v) is 4.67. The Morgan fingerprint density at radius 1 is 1.27 bits per heavy atom. The number of aliphatic hydroxyl groups is 1. The molecule has 0 spiro atoms. The van der Waals surface area contributed by atoms with Gasteiger partial charge in [-0.05, 0) is 26.9 Å². The first-order valence-electron chi connectivity index (χ1n) is 4.67. The van der Waals surface area contributed by atoms with E-state index in [4.69, 9.17) is 20.0 Å². The van der Waals surface area contributed by atoms with Crippen LogP contribution in [0.25, 0.3) is 0 Å². The van der Waals surface area contributed by atoms with Gasteiger partial charge in [-0.15, -0.1) is 0 Å². The van der Waals surface area contributed by atoms with Crippen molar-refractivity contribution in [2.45, 2.75) is 40.7 Å². The Labute approximate surface area is 92.1 Å². The van der Waals surface area contributed by atoms with Crippen molar-refractivity contribution in [3.05, 3.63) is 0 Å². The Balaban J connectivity index is -0.0000000553. The van der Waals surface area contributed by atoms with Crippen LogP contribution in [0.2, 0.25) is 0 Å². The summed E-state index contributed by atoms with van der Waals surface area (Å²) in [5, 5.41) is 18.5. The fraction of sp³-hybridized carbons (Fsp3) is 0.800. The largest absolute Gasteiger partial charge is 0.394 e. The van der Waals surface area contributed by atoms with Crippen molar-refractivity contribution in [1.29, 1.82) is 5.26 Å². The van der Waals surface area contributed by atoms with E-state index in [1.165, 1.54) is 6.92 Å². The molecule has 15 heavy (non-hydrogen) atoms. The maximum Gasteiger partial charge on any atom is 0.373 e. The minimum absolute atomic E-state index is 0.167. The quantitative estimate of drug-likeness (QED) is 0.720. The molecule has 0 fully saturated rings. The van der Waals surface area contributed by atoms with Crippen LogP contribution in [-0.4, -0.2) is 30.5 Å². The van der Waals surface area contributed by atoms with E-state index in [2.05, 4.69) is 19.2 Å². The lowest BCUT2D eigenvalue weighted by Gasteiger charge is -1.86. The van der Waals surface area contributed by atoms with E-state index in [9.17, 15) is 0 Å². The number of nitriles is 1. The van der Waals surface area contributed by atoms with E-state index in [-0.39, 0.29) is 12.3 Å². The van der Waals surface area contributed by atoms with E-state index in [0.29, 0.717) is 0 Å². The van der Waals surface area contributed by atoms with Crippen molar-refractivity contribution in [2.24, 2.45) is 0 Å². The molecule has 90 valence electrons. The zero-order valence-electron chi connectivity index (χ0n) is 10.2. The normalized spacial score (nSPS) is 6.27. The molecule has 0 atom stereocenters. The van der Waals surface area contributed by atoms with Gasteiger partial charge in [-0.25, -0.2) is 0 Å². The molecule has 0 aliphatic heterocycles. The summed E-state index contributed by atoms with van der Waals surface area (Å²) in [5.74, 6) is 0. The van der Waals surface area contributed by atoms with Gasteiger partial charge in [0.1, 0.15) is 0 Å². The smallest absolute Gasteiger partial charge is 0.373 e. The molecule has 0 aromatic carbocycles. The number of rotatable bonds is 2. The predicted octanol–water partition coefficient (Wildman–Crippen LogP) is 0.949. The number of hydrogen-bond donors (Lipinski definition) is 2. The molecule has 0 amide bonds. The third-order valence-corrected chi connectivity index (χ3v) is 0.500. The second kappa shape index (κ2) is 38.6. The van der Waals surface area contributed by atoms with Crippen LogP contribution in [-0.2, 0) is 9.59 Å². The van der Waals surface area contributed by atoms with E-state index in [1.54, 1.807) is 19.9 Å². The molecule has 0 bridgehead atoms. The fourth-order valence-corrected chi connectivity index (χ4v) is 0.250. The Kier molecular flexibility index (Phi) is 60.5. The number of carbonyl (C=O) groups excluding carboxylic acids is 2. The maximum absolute atomic E-state index is 8.12. The molecule has 0 radical (unpaired) electrons. The molecule has 0 aromatic heterocycles. The molecular formula is C10H22N2O3. The molecule has 0 aromatic rings. The van der Waals surface area contributed by atoms with Gasteiger partial charge in [0.15, 0.2) is 0 Å². The summed E-state index contributed by atoms with van der Waals surface area (Å²) in [7, 11) is 0. The van der Waals surface area contributed by atoms with Gasteiger partial charge >= 0.3 is 6.15 Å². The summed E-state index contributed by atoms with van der Waals surface area (Å²) in [5.41, 5.74) is 0. The summed E-state index contributed by atoms with van der Waals surface area (Å²) in [4.78, 5) is 16.2. The van der Waals surface area contributed by atoms with Gasteiger partial charge in [0.2, 0.25) is 0 Å². The third-order valence-electron chi connectivity index (χ3n) is 0.500. The van der Waals surface area contributed by atoms with E-state index in [0.717, 1.165) is 13.1 Å². The van der Waals surface area contributed by atoms with Gasteiger partial charge in [-0.3, -0.25) is 0 Å². The topological polar surface area (TPSA) is 90.2 Å². The van der Waals surface area contributed by atoms with Crippen LogP contribution in [0.1, 0.15) is 34.6 Å². The van der Waals surface area contributed by atoms with Gasteiger partial charge in [-0.2, -0.15) is 14.9 Å². The van der Waals surface area contributed by atoms with Crippen molar-refractivity contribution >= 4 is 6.15 Å². The molecular weight excluding hydrogens is 196 g/mol. The highest BCUT2D eigenvalue weighted by Gasteiger charge is 1.69. The van der Waals surface area contributed by atoms with Crippen LogP contribution < -0.4 is 5.32 Å². The van der Waals surface area contributed by atoms with E-state index >= 15 is 0 Å². The highest BCUT2D eigenvalue weighted by molar-refractivity contribution is 5.20. The van der Waals surface area contributed by atoms with Crippen molar-refractivity contribution < 1.29 is 14.7 Å². The van der Waals surface area contributed by atoms with Crippen molar-refractivity contribution in [2.75, 3.05) is 13.1 Å². The minimum Gasteiger partial charge on any atom is -0.394 e. The number of hydrogen-bond acceptors (Lipinski definition) is 5. The summed E-state index contributed by atoms with van der Waals surface area (Å²) < 4.78 is 0. The summed E-state index contributed by atoms with van der Waals surface area (Å²) in [6.45, 7) is 11.3. The van der Waals surface area contributed by atoms with Crippen LogP contribution in [0.15, 0.2) is 0 Å². The summed E-state index contributed by atoms with van der Waals surface area (Å²) >= 11 is 0. The molecule has 0 heterocycles. The van der Waals surface area contributed by atoms with Gasteiger partial charge in [0, 0.05) is 13.0 Å². The van der Waals surface area contributed by atoms with Crippen LogP contribution >= 0.6 is 0 Å². The van der Waals surface area contributed by atoms with E-state index < -0.39 is 0 Å². The maximum atomic E-state index is 8.12. The lowest BCUT2D eigenvalue weighted by atomic mass is 10.5. The highest BCUT2D eigenvalue weighted by Crippen LogP contribution is 1.65. The van der Waals surface area contributed by atoms with Gasteiger partial charge < -0.3 is 10.4 Å². The number of nitrogens with one attached hydrogen (secondary N) is 1. The van der Waals surface area contributed by atoms with Gasteiger partial charge in [0.25, 0.3) is 0 Å². The molecule has 0 rings (SSSR count). The molecule has 5 heteroatoms.